The van der Waals surface area contributed by atoms with Gasteiger partial charge in [-0.15, -0.1) is 0 Å². The van der Waals surface area contributed by atoms with E-state index in [1.807, 2.05) is 18.2 Å². The second-order valence-corrected chi connectivity index (χ2v) is 6.63. The molecule has 0 bridgehead atoms. The fourth-order valence-corrected chi connectivity index (χ4v) is 3.20. The molecule has 0 atom stereocenters. The first-order valence-electron chi connectivity index (χ1n) is 8.53. The Labute approximate surface area is 160 Å². The Kier molecular flexibility index (Phi) is 4.68. The summed E-state index contributed by atoms with van der Waals surface area (Å²) in [6, 6.07) is 12.5. The van der Waals surface area contributed by atoms with Crippen LogP contribution < -0.4 is 5.32 Å². The summed E-state index contributed by atoms with van der Waals surface area (Å²) in [5, 5.41) is 7.62. The van der Waals surface area contributed by atoms with Gasteiger partial charge in [0.05, 0.1) is 19.4 Å². The van der Waals surface area contributed by atoms with Crippen LogP contribution in [-0.2, 0) is 19.6 Å². The normalized spacial score (nSPS) is 13.5. The van der Waals surface area contributed by atoms with E-state index >= 15 is 0 Å². The number of aromatic nitrogens is 2. The van der Waals surface area contributed by atoms with Crippen molar-refractivity contribution in [3.63, 3.8) is 0 Å². The van der Waals surface area contributed by atoms with E-state index in [2.05, 4.69) is 10.4 Å². The molecule has 0 radical (unpaired) electrons. The van der Waals surface area contributed by atoms with Crippen LogP contribution in [0.5, 0.6) is 0 Å². The maximum Gasteiger partial charge on any atom is 0.272 e. The topological polar surface area (TPSA) is 80.4 Å². The number of carbonyl (C=O) groups excluding carboxylic acids is 2. The Morgan fingerprint density at radius 3 is 2.85 bits per heavy atom. The standard InChI is InChI=1S/C19H17ClN4O3/c20-15-6-2-1-4-13(15)12-23-7-8-24-17(19(23)26)10-16(22-24)18(25)21-11-14-5-3-9-27-14/h1-6,9-10H,7-8,11-12H2,(H,21,25). The Hall–Kier alpha value is -3.06. The molecule has 1 aliphatic rings. The number of rotatable bonds is 5. The minimum atomic E-state index is -0.348. The Bertz CT molecular complexity index is 981. The molecule has 1 aliphatic heterocycles. The molecular weight excluding hydrogens is 368 g/mol. The third-order valence-corrected chi connectivity index (χ3v) is 4.79. The van der Waals surface area contributed by atoms with E-state index in [9.17, 15) is 9.59 Å². The maximum absolute atomic E-state index is 12.8. The van der Waals surface area contributed by atoms with Crippen LogP contribution in [0.2, 0.25) is 5.02 Å². The van der Waals surface area contributed by atoms with Crippen molar-refractivity contribution in [2.24, 2.45) is 0 Å². The second-order valence-electron chi connectivity index (χ2n) is 6.22. The van der Waals surface area contributed by atoms with Crippen LogP contribution in [0.25, 0.3) is 0 Å². The van der Waals surface area contributed by atoms with E-state index in [1.165, 1.54) is 6.07 Å². The minimum absolute atomic E-state index is 0.168. The van der Waals surface area contributed by atoms with Gasteiger partial charge in [0.2, 0.25) is 0 Å². The highest BCUT2D eigenvalue weighted by atomic mass is 35.5. The van der Waals surface area contributed by atoms with Gasteiger partial charge >= 0.3 is 0 Å². The molecule has 0 aliphatic carbocycles. The van der Waals surface area contributed by atoms with Gasteiger partial charge in [0.1, 0.15) is 11.5 Å². The summed E-state index contributed by atoms with van der Waals surface area (Å²) in [6.45, 7) is 1.72. The predicted octanol–water partition coefficient (Wildman–Crippen LogP) is 2.72. The molecule has 0 saturated carbocycles. The second kappa shape index (κ2) is 7.28. The largest absolute Gasteiger partial charge is 0.467 e. The van der Waals surface area contributed by atoms with Crippen molar-refractivity contribution in [2.45, 2.75) is 19.6 Å². The molecule has 4 rings (SSSR count). The fourth-order valence-electron chi connectivity index (χ4n) is 3.00. The summed E-state index contributed by atoms with van der Waals surface area (Å²) >= 11 is 6.20. The highest BCUT2D eigenvalue weighted by Crippen LogP contribution is 2.21. The van der Waals surface area contributed by atoms with Crippen molar-refractivity contribution < 1.29 is 14.0 Å². The molecule has 2 amide bonds. The fraction of sp³-hybridized carbons (Fsp3) is 0.211. The zero-order valence-electron chi connectivity index (χ0n) is 14.4. The molecule has 1 N–H and O–H groups in total. The molecule has 1 aromatic carbocycles. The van der Waals surface area contributed by atoms with Crippen LogP contribution >= 0.6 is 11.6 Å². The van der Waals surface area contributed by atoms with E-state index in [-0.39, 0.29) is 24.1 Å². The van der Waals surface area contributed by atoms with Crippen LogP contribution in [0.4, 0.5) is 0 Å². The average molecular weight is 385 g/mol. The van der Waals surface area contributed by atoms with E-state index in [1.54, 1.807) is 34.0 Å². The monoisotopic (exact) mass is 384 g/mol. The molecule has 27 heavy (non-hydrogen) atoms. The van der Waals surface area contributed by atoms with Crippen LogP contribution in [0.1, 0.15) is 32.3 Å². The summed E-state index contributed by atoms with van der Waals surface area (Å²) in [5.41, 5.74) is 1.50. The lowest BCUT2D eigenvalue weighted by molar-refractivity contribution is 0.0683. The summed E-state index contributed by atoms with van der Waals surface area (Å²) in [7, 11) is 0. The minimum Gasteiger partial charge on any atom is -0.467 e. The van der Waals surface area contributed by atoms with Gasteiger partial charge in [-0.05, 0) is 23.8 Å². The highest BCUT2D eigenvalue weighted by molar-refractivity contribution is 6.31. The van der Waals surface area contributed by atoms with Crippen LogP contribution in [-0.4, -0.2) is 33.0 Å². The van der Waals surface area contributed by atoms with Gasteiger partial charge in [-0.3, -0.25) is 14.3 Å². The first kappa shape index (κ1) is 17.4. The SMILES string of the molecule is O=C(NCc1ccco1)c1cc2n(n1)CCN(Cc1ccccc1Cl)C2=O. The quantitative estimate of drug-likeness (QED) is 0.733. The van der Waals surface area contributed by atoms with E-state index in [0.29, 0.717) is 36.1 Å². The molecule has 0 saturated heterocycles. The summed E-state index contributed by atoms with van der Waals surface area (Å²) < 4.78 is 6.76. The van der Waals surface area contributed by atoms with E-state index in [0.717, 1.165) is 5.56 Å². The number of hydrogen-bond donors (Lipinski definition) is 1. The van der Waals surface area contributed by atoms with Crippen molar-refractivity contribution in [2.75, 3.05) is 6.54 Å². The van der Waals surface area contributed by atoms with Crippen molar-refractivity contribution >= 4 is 23.4 Å². The summed E-state index contributed by atoms with van der Waals surface area (Å²) in [6.07, 6.45) is 1.54. The van der Waals surface area contributed by atoms with Crippen LogP contribution in [0.15, 0.2) is 53.1 Å². The van der Waals surface area contributed by atoms with E-state index < -0.39 is 0 Å². The molecule has 138 valence electrons. The number of nitrogens with zero attached hydrogens (tertiary/aromatic N) is 3. The lowest BCUT2D eigenvalue weighted by Crippen LogP contribution is -2.39. The highest BCUT2D eigenvalue weighted by Gasteiger charge is 2.28. The van der Waals surface area contributed by atoms with E-state index in [4.69, 9.17) is 16.0 Å². The summed E-state index contributed by atoms with van der Waals surface area (Å²) in [5.74, 6) is 0.131. The molecule has 0 spiro atoms. The molecule has 7 nitrogen and oxygen atoms in total. The van der Waals surface area contributed by atoms with Crippen LogP contribution in [0.3, 0.4) is 0 Å². The van der Waals surface area contributed by atoms with Gasteiger partial charge in [0.15, 0.2) is 5.69 Å². The zero-order valence-corrected chi connectivity index (χ0v) is 15.1. The number of amides is 2. The number of furan rings is 1. The molecule has 8 heteroatoms. The molecule has 3 heterocycles. The Balaban J connectivity index is 1.47. The first-order valence-corrected chi connectivity index (χ1v) is 8.91. The number of carbonyl (C=O) groups is 2. The van der Waals surface area contributed by atoms with Crippen molar-refractivity contribution in [3.8, 4) is 0 Å². The van der Waals surface area contributed by atoms with Gasteiger partial charge in [0, 0.05) is 24.2 Å². The average Bonchev–Trinajstić information content (AvgIpc) is 3.33. The number of hydrogen-bond acceptors (Lipinski definition) is 4. The predicted molar refractivity (Wildman–Crippen MR) is 98.3 cm³/mol. The third-order valence-electron chi connectivity index (χ3n) is 4.42. The maximum atomic E-state index is 12.8. The van der Waals surface area contributed by atoms with Crippen molar-refractivity contribution in [3.05, 3.63) is 76.5 Å². The molecule has 0 fully saturated rings. The van der Waals surface area contributed by atoms with Gasteiger partial charge in [-0.2, -0.15) is 5.10 Å². The zero-order chi connectivity index (χ0) is 18.8. The third kappa shape index (κ3) is 3.59. The lowest BCUT2D eigenvalue weighted by atomic mass is 10.2. The number of halogens is 1. The van der Waals surface area contributed by atoms with Gasteiger partial charge in [-0.1, -0.05) is 29.8 Å². The van der Waals surface area contributed by atoms with Crippen LogP contribution in [0, 0.1) is 0 Å². The van der Waals surface area contributed by atoms with Crippen molar-refractivity contribution in [1.82, 2.24) is 20.0 Å². The number of benzene rings is 1. The number of fused-ring (bicyclic) bond motifs is 1. The molecule has 0 unspecified atom stereocenters. The smallest absolute Gasteiger partial charge is 0.272 e. The lowest BCUT2D eigenvalue weighted by Gasteiger charge is -2.27. The Morgan fingerprint density at radius 1 is 1.22 bits per heavy atom. The first-order chi connectivity index (χ1) is 13.1. The van der Waals surface area contributed by atoms with Gasteiger partial charge in [-0.25, -0.2) is 0 Å². The van der Waals surface area contributed by atoms with Gasteiger partial charge in [0.25, 0.3) is 11.8 Å². The molecule has 3 aromatic rings. The summed E-state index contributed by atoms with van der Waals surface area (Å²) in [4.78, 5) is 26.8. The van der Waals surface area contributed by atoms with Crippen molar-refractivity contribution in [1.29, 1.82) is 0 Å². The Morgan fingerprint density at radius 2 is 2.07 bits per heavy atom. The molecular formula is C19H17ClN4O3. The molecule has 2 aromatic heterocycles. The van der Waals surface area contributed by atoms with Gasteiger partial charge < -0.3 is 14.6 Å². The number of nitrogens with one attached hydrogen (secondary N) is 1.